The standard InChI is InChI=1S/C32H23N7O8.K/c33-25(40)19-3-1-5-21(15-19)38-29(44)23(27(42)36-31(38)46)9-7-17(18-11-13-35-14-12-18)8-10-24-28(43)37-32(47)39(30(24)45)22-6-2-4-20(16-22)26(34)41;/h1-16,44H,(H2,33,40)(H2,34,41)(H,36,42,46)(H,37,43,47);/q;+1/p-1. The number of nitrogens with one attached hydrogen (secondary N) is 2. The van der Waals surface area contributed by atoms with Gasteiger partial charge in [0.25, 0.3) is 17.4 Å². The van der Waals surface area contributed by atoms with Crippen molar-refractivity contribution in [2.75, 3.05) is 4.90 Å². The molecule has 0 saturated carbocycles. The van der Waals surface area contributed by atoms with E-state index in [0.29, 0.717) is 15.0 Å². The molecule has 234 valence electrons. The van der Waals surface area contributed by atoms with Crippen molar-refractivity contribution in [2.24, 2.45) is 11.5 Å². The third kappa shape index (κ3) is 7.38. The van der Waals surface area contributed by atoms with Gasteiger partial charge in [-0.25, -0.2) is 14.5 Å². The minimum atomic E-state index is -1.05. The Labute approximate surface area is 312 Å². The topological polar surface area (TPSA) is 243 Å². The third-order valence-corrected chi connectivity index (χ3v) is 6.85. The zero-order valence-electron chi connectivity index (χ0n) is 25.0. The van der Waals surface area contributed by atoms with E-state index in [-0.39, 0.29) is 79.5 Å². The van der Waals surface area contributed by atoms with Gasteiger partial charge in [-0.05, 0) is 77.7 Å². The predicted molar refractivity (Wildman–Crippen MR) is 166 cm³/mol. The van der Waals surface area contributed by atoms with Crippen molar-refractivity contribution in [3.63, 3.8) is 0 Å². The van der Waals surface area contributed by atoms with Crippen molar-refractivity contribution in [1.82, 2.24) is 19.9 Å². The molecule has 0 spiro atoms. The number of nitrogens with zero attached hydrogens (tertiary/aromatic N) is 3. The molecule has 0 radical (unpaired) electrons. The Morgan fingerprint density at radius 1 is 0.833 bits per heavy atom. The fraction of sp³-hybridized carbons (Fsp3) is 0. The zero-order valence-corrected chi connectivity index (χ0v) is 28.1. The maximum Gasteiger partial charge on any atom is 1.00 e. The van der Waals surface area contributed by atoms with Crippen molar-refractivity contribution in [1.29, 1.82) is 0 Å². The summed E-state index contributed by atoms with van der Waals surface area (Å²) >= 11 is 0. The van der Waals surface area contributed by atoms with E-state index < -0.39 is 57.9 Å². The van der Waals surface area contributed by atoms with Crippen LogP contribution in [0.4, 0.5) is 10.5 Å². The van der Waals surface area contributed by atoms with Gasteiger partial charge in [-0.3, -0.25) is 43.8 Å². The van der Waals surface area contributed by atoms with Crippen LogP contribution in [-0.4, -0.2) is 44.2 Å². The number of hydrogen-bond donors (Lipinski definition) is 4. The Kier molecular flexibility index (Phi) is 11.0. The molecule has 1 aliphatic heterocycles. The van der Waals surface area contributed by atoms with Crippen LogP contribution in [0, 0.1) is 0 Å². The number of nitrogens with two attached hydrogens (primary N) is 2. The van der Waals surface area contributed by atoms with E-state index in [1.54, 1.807) is 12.1 Å². The number of benzene rings is 2. The summed E-state index contributed by atoms with van der Waals surface area (Å²) in [5.74, 6) is -4.60. The maximum absolute atomic E-state index is 13.4. The molecule has 6 N–H and O–H groups in total. The van der Waals surface area contributed by atoms with Gasteiger partial charge in [0, 0.05) is 29.1 Å². The summed E-state index contributed by atoms with van der Waals surface area (Å²) in [4.78, 5) is 94.0. The molecule has 16 heteroatoms. The molecule has 0 unspecified atom stereocenters. The number of aromatic amines is 1. The van der Waals surface area contributed by atoms with Gasteiger partial charge in [-0.15, -0.1) is 0 Å². The van der Waals surface area contributed by atoms with Crippen LogP contribution in [-0.2, 0) is 9.59 Å². The van der Waals surface area contributed by atoms with Gasteiger partial charge in [0.05, 0.1) is 11.4 Å². The summed E-state index contributed by atoms with van der Waals surface area (Å²) < 4.78 is 0.662. The second kappa shape index (κ2) is 14.9. The first-order valence-electron chi connectivity index (χ1n) is 13.5. The summed E-state index contributed by atoms with van der Waals surface area (Å²) in [5, 5.41) is 15.4. The molecule has 2 aromatic heterocycles. The number of allylic oxidation sites excluding steroid dienone is 4. The summed E-state index contributed by atoms with van der Waals surface area (Å²) in [7, 11) is 0. The fourth-order valence-electron chi connectivity index (χ4n) is 4.56. The number of H-pyrrole nitrogens is 1. The molecule has 1 saturated heterocycles. The minimum Gasteiger partial charge on any atom is -0.859 e. The van der Waals surface area contributed by atoms with E-state index in [4.69, 9.17) is 11.5 Å². The van der Waals surface area contributed by atoms with Crippen molar-refractivity contribution >= 4 is 47.0 Å². The van der Waals surface area contributed by atoms with E-state index in [1.807, 2.05) is 0 Å². The Morgan fingerprint density at radius 3 is 2.06 bits per heavy atom. The summed E-state index contributed by atoms with van der Waals surface area (Å²) in [6.45, 7) is 0. The molecule has 1 aliphatic rings. The van der Waals surface area contributed by atoms with Crippen LogP contribution >= 0.6 is 0 Å². The molecule has 0 bridgehead atoms. The Hall–Kier alpha value is -5.52. The summed E-state index contributed by atoms with van der Waals surface area (Å²) in [6, 6.07) is 12.9. The first kappa shape index (κ1) is 35.3. The number of carbonyl (C=O) groups is 5. The second-order valence-corrected chi connectivity index (χ2v) is 9.81. The van der Waals surface area contributed by atoms with E-state index in [2.05, 4.69) is 15.3 Å². The number of amides is 6. The number of primary amides is 2. The fourth-order valence-corrected chi connectivity index (χ4v) is 4.56. The number of barbiturate groups is 1. The van der Waals surface area contributed by atoms with Gasteiger partial charge in [-0.1, -0.05) is 24.3 Å². The zero-order chi connectivity index (χ0) is 33.8. The average molecular weight is 672 g/mol. The average Bonchev–Trinajstić information content (AvgIpc) is 3.04. The molecular weight excluding hydrogens is 649 g/mol. The molecule has 0 atom stereocenters. The smallest absolute Gasteiger partial charge is 0.859 e. The molecule has 1 fully saturated rings. The molecule has 4 aromatic rings. The van der Waals surface area contributed by atoms with Crippen LogP contribution in [0.25, 0.3) is 17.3 Å². The van der Waals surface area contributed by atoms with Crippen LogP contribution in [0.3, 0.4) is 0 Å². The number of pyridine rings is 1. The number of hydrogen-bond acceptors (Lipinski definition) is 9. The predicted octanol–water partition coefficient (Wildman–Crippen LogP) is -2.50. The molecule has 2 aromatic carbocycles. The van der Waals surface area contributed by atoms with Crippen molar-refractivity contribution < 1.29 is 80.5 Å². The molecule has 48 heavy (non-hydrogen) atoms. The van der Waals surface area contributed by atoms with E-state index in [0.717, 1.165) is 12.2 Å². The normalized spacial score (nSPS) is 14.2. The van der Waals surface area contributed by atoms with Gasteiger partial charge >= 0.3 is 63.1 Å². The maximum atomic E-state index is 13.4. The van der Waals surface area contributed by atoms with E-state index >= 15 is 0 Å². The van der Waals surface area contributed by atoms with Crippen molar-refractivity contribution in [3.8, 4) is 11.6 Å². The molecule has 0 aliphatic carbocycles. The van der Waals surface area contributed by atoms with E-state index in [9.17, 15) is 38.7 Å². The molecule has 5 rings (SSSR count). The summed E-state index contributed by atoms with van der Waals surface area (Å²) in [6.07, 6.45) is 7.83. The molecule has 15 nitrogen and oxygen atoms in total. The van der Waals surface area contributed by atoms with Crippen LogP contribution in [0.1, 0.15) is 31.8 Å². The number of aromatic nitrogens is 3. The monoisotopic (exact) mass is 671 g/mol. The molecule has 3 heterocycles. The SMILES string of the molecule is NC(=O)c1cccc(N2C(=O)NC(=O)C(=CC=C(C=Cc3c([O-])n(-c4cccc(C(N)=O)c4)c(=O)[nH]c3=O)c3ccncc3)C2=O)c1.[K+]. The number of anilines is 1. The van der Waals surface area contributed by atoms with Crippen LogP contribution in [0.2, 0.25) is 0 Å². The van der Waals surface area contributed by atoms with Gasteiger partial charge in [0.15, 0.2) is 0 Å². The third-order valence-electron chi connectivity index (χ3n) is 6.85. The number of carbonyl (C=O) groups excluding carboxylic acids is 5. The number of rotatable bonds is 8. The second-order valence-electron chi connectivity index (χ2n) is 9.81. The number of imide groups is 2. The van der Waals surface area contributed by atoms with E-state index in [1.165, 1.54) is 73.1 Å². The van der Waals surface area contributed by atoms with Gasteiger partial charge in [-0.2, -0.15) is 0 Å². The first-order valence-corrected chi connectivity index (χ1v) is 13.5. The number of urea groups is 1. The quantitative estimate of drug-likeness (QED) is 0.0669. The van der Waals surface area contributed by atoms with Gasteiger partial charge in [0.2, 0.25) is 11.8 Å². The Morgan fingerprint density at radius 2 is 1.44 bits per heavy atom. The Balaban J connectivity index is 0.00000520. The first-order chi connectivity index (χ1) is 22.5. The minimum absolute atomic E-state index is 0. The van der Waals surface area contributed by atoms with Gasteiger partial charge < -0.3 is 16.6 Å². The molecular formula is C32H22KN7O8. The van der Waals surface area contributed by atoms with Crippen LogP contribution in [0.15, 0.2) is 106 Å². The van der Waals surface area contributed by atoms with Crippen LogP contribution in [0.5, 0.6) is 5.88 Å². The van der Waals surface area contributed by atoms with Crippen LogP contribution < -0.4 is 89.4 Å². The largest absolute Gasteiger partial charge is 1.00 e. The summed E-state index contributed by atoms with van der Waals surface area (Å²) in [5.41, 5.74) is 8.43. The van der Waals surface area contributed by atoms with Crippen molar-refractivity contribution in [2.45, 2.75) is 0 Å². The Bertz CT molecular complexity index is 2200. The van der Waals surface area contributed by atoms with Crippen molar-refractivity contribution in [3.05, 3.63) is 140 Å². The molecule has 6 amide bonds. The van der Waals surface area contributed by atoms with Gasteiger partial charge in [0.1, 0.15) is 5.57 Å².